The average molecular weight is 348 g/mol. The monoisotopic (exact) mass is 345 g/mol. The van der Waals surface area contributed by atoms with Crippen LogP contribution in [-0.4, -0.2) is 4.98 Å². The van der Waals surface area contributed by atoms with Crippen LogP contribution in [0.15, 0.2) is 19.7 Å². The van der Waals surface area contributed by atoms with Gasteiger partial charge in [0, 0.05) is 16.0 Å². The highest BCUT2D eigenvalue weighted by molar-refractivity contribution is 9.14. The van der Waals surface area contributed by atoms with E-state index in [9.17, 15) is 0 Å². The zero-order valence-corrected chi connectivity index (χ0v) is 10.6. The van der Waals surface area contributed by atoms with Crippen LogP contribution in [0, 0.1) is 0 Å². The molecule has 1 aromatic rings. The summed E-state index contributed by atoms with van der Waals surface area (Å²) in [6.07, 6.45) is 1.77. The van der Waals surface area contributed by atoms with Crippen molar-refractivity contribution in [3.05, 3.63) is 19.7 Å². The van der Waals surface area contributed by atoms with E-state index >= 15 is 0 Å². The van der Waals surface area contributed by atoms with Crippen LogP contribution < -0.4 is 5.30 Å². The highest BCUT2D eigenvalue weighted by atomic mass is 79.9. The third kappa shape index (κ3) is 1.79. The number of halogens is 3. The standard InChI is InChI=1S/C5H3Br3NP/c6-3-2(10)1-9-5(8)4(3)7/h1H,10H2. The summed E-state index contributed by atoms with van der Waals surface area (Å²) in [6, 6.07) is 0. The highest BCUT2D eigenvalue weighted by Crippen LogP contribution is 2.28. The first-order chi connectivity index (χ1) is 4.63. The second kappa shape index (κ2) is 3.61. The molecule has 0 aromatic carbocycles. The zero-order chi connectivity index (χ0) is 7.72. The maximum Gasteiger partial charge on any atom is 0.121 e. The summed E-state index contributed by atoms with van der Waals surface area (Å²) in [6.45, 7) is 0. The lowest BCUT2D eigenvalue weighted by Gasteiger charge is -2.00. The van der Waals surface area contributed by atoms with Crippen molar-refractivity contribution in [2.24, 2.45) is 0 Å². The Labute approximate surface area is 86.6 Å². The number of nitrogens with zero attached hydrogens (tertiary/aromatic N) is 1. The van der Waals surface area contributed by atoms with Crippen LogP contribution in [0.1, 0.15) is 0 Å². The lowest BCUT2D eigenvalue weighted by molar-refractivity contribution is 1.26. The second-order valence-corrected chi connectivity index (χ2v) is 4.59. The Kier molecular flexibility index (Phi) is 3.29. The molecule has 0 saturated carbocycles. The van der Waals surface area contributed by atoms with Gasteiger partial charge in [-0.05, 0) is 47.8 Å². The van der Waals surface area contributed by atoms with Crippen LogP contribution in [0.25, 0.3) is 0 Å². The number of hydrogen-bond acceptors (Lipinski definition) is 1. The fraction of sp³-hybridized carbons (Fsp3) is 0. The lowest BCUT2D eigenvalue weighted by Crippen LogP contribution is -1.96. The van der Waals surface area contributed by atoms with Crippen molar-refractivity contribution in [3.63, 3.8) is 0 Å². The molecular weight excluding hydrogens is 345 g/mol. The van der Waals surface area contributed by atoms with Crippen molar-refractivity contribution in [2.45, 2.75) is 0 Å². The topological polar surface area (TPSA) is 12.9 Å². The maximum atomic E-state index is 4.06. The molecule has 0 N–H and O–H groups in total. The van der Waals surface area contributed by atoms with E-state index in [1.807, 2.05) is 0 Å². The Morgan fingerprint density at radius 3 is 2.30 bits per heavy atom. The van der Waals surface area contributed by atoms with E-state index in [2.05, 4.69) is 62.0 Å². The maximum absolute atomic E-state index is 4.06. The molecule has 0 bridgehead atoms. The number of rotatable bonds is 0. The van der Waals surface area contributed by atoms with Crippen molar-refractivity contribution < 1.29 is 0 Å². The minimum Gasteiger partial charge on any atom is -0.247 e. The summed E-state index contributed by atoms with van der Waals surface area (Å²) >= 11 is 10.0. The van der Waals surface area contributed by atoms with Crippen molar-refractivity contribution in [1.82, 2.24) is 4.98 Å². The molecule has 1 atom stereocenters. The number of pyridine rings is 1. The summed E-state index contributed by atoms with van der Waals surface area (Å²) in [7, 11) is 2.58. The van der Waals surface area contributed by atoms with E-state index in [1.54, 1.807) is 6.20 Å². The van der Waals surface area contributed by atoms with E-state index < -0.39 is 0 Å². The quantitative estimate of drug-likeness (QED) is 0.519. The van der Waals surface area contributed by atoms with Gasteiger partial charge in [0.05, 0.1) is 4.47 Å². The first kappa shape index (κ1) is 9.11. The van der Waals surface area contributed by atoms with Gasteiger partial charge in [-0.15, -0.1) is 9.24 Å². The first-order valence-corrected chi connectivity index (χ1v) is 5.33. The minimum atomic E-state index is 0.811. The molecule has 0 radical (unpaired) electrons. The summed E-state index contributed by atoms with van der Waals surface area (Å²) in [5, 5.41) is 1.04. The number of hydrogen-bond donors (Lipinski definition) is 0. The predicted octanol–water partition coefficient (Wildman–Crippen LogP) is 2.87. The number of aromatic nitrogens is 1. The molecule has 0 aliphatic rings. The molecule has 5 heteroatoms. The summed E-state index contributed by atoms with van der Waals surface area (Å²) in [5.74, 6) is 0. The van der Waals surface area contributed by atoms with E-state index in [-0.39, 0.29) is 0 Å². The normalized spacial score (nSPS) is 10.0. The molecule has 0 saturated heterocycles. The predicted molar refractivity (Wildman–Crippen MR) is 56.7 cm³/mol. The van der Waals surface area contributed by atoms with Crippen molar-refractivity contribution in [3.8, 4) is 0 Å². The fourth-order valence-corrected chi connectivity index (χ4v) is 2.08. The van der Waals surface area contributed by atoms with Gasteiger partial charge in [0.25, 0.3) is 0 Å². The van der Waals surface area contributed by atoms with E-state index in [1.165, 1.54) is 0 Å². The average Bonchev–Trinajstić information content (AvgIpc) is 1.93. The van der Waals surface area contributed by atoms with Crippen molar-refractivity contribution in [2.75, 3.05) is 0 Å². The molecule has 1 unspecified atom stereocenters. The van der Waals surface area contributed by atoms with Crippen LogP contribution in [-0.2, 0) is 0 Å². The largest absolute Gasteiger partial charge is 0.247 e. The molecule has 0 aliphatic carbocycles. The van der Waals surface area contributed by atoms with Crippen molar-refractivity contribution >= 4 is 62.3 Å². The van der Waals surface area contributed by atoms with E-state index in [0.29, 0.717) is 0 Å². The molecule has 1 heterocycles. The highest BCUT2D eigenvalue weighted by Gasteiger charge is 2.04. The summed E-state index contributed by atoms with van der Waals surface area (Å²) in [4.78, 5) is 4.06. The Hall–Kier alpha value is 1.02. The van der Waals surface area contributed by atoms with E-state index in [4.69, 9.17) is 0 Å². The molecule has 10 heavy (non-hydrogen) atoms. The smallest absolute Gasteiger partial charge is 0.121 e. The third-order valence-corrected chi connectivity index (χ3v) is 5.10. The Bertz CT molecular complexity index is 236. The molecule has 0 spiro atoms. The fourth-order valence-electron chi connectivity index (χ4n) is 0.457. The molecule has 0 aliphatic heterocycles. The Morgan fingerprint density at radius 1 is 1.20 bits per heavy atom. The van der Waals surface area contributed by atoms with Crippen LogP contribution in [0.3, 0.4) is 0 Å². The van der Waals surface area contributed by atoms with Gasteiger partial charge in [-0.25, -0.2) is 4.98 Å². The SMILES string of the molecule is Pc1cnc(Br)c(Br)c1Br. The second-order valence-electron chi connectivity index (χ2n) is 1.63. The van der Waals surface area contributed by atoms with Gasteiger partial charge in [0.2, 0.25) is 0 Å². The van der Waals surface area contributed by atoms with Gasteiger partial charge in [-0.1, -0.05) is 0 Å². The molecular formula is C5H3Br3NP. The van der Waals surface area contributed by atoms with Gasteiger partial charge >= 0.3 is 0 Å². The molecule has 1 nitrogen and oxygen atoms in total. The van der Waals surface area contributed by atoms with Gasteiger partial charge in [0.15, 0.2) is 0 Å². The summed E-state index contributed by atoms with van der Waals surface area (Å²) in [5.41, 5.74) is 0. The summed E-state index contributed by atoms with van der Waals surface area (Å²) < 4.78 is 2.77. The van der Waals surface area contributed by atoms with Gasteiger partial charge in [-0.3, -0.25) is 0 Å². The van der Waals surface area contributed by atoms with Crippen LogP contribution >= 0.6 is 57.0 Å². The molecule has 0 fully saturated rings. The van der Waals surface area contributed by atoms with Crippen LogP contribution in [0.4, 0.5) is 0 Å². The first-order valence-electron chi connectivity index (χ1n) is 2.38. The van der Waals surface area contributed by atoms with Crippen molar-refractivity contribution in [1.29, 1.82) is 0 Å². The zero-order valence-electron chi connectivity index (χ0n) is 4.74. The lowest BCUT2D eigenvalue weighted by atomic mass is 10.5. The third-order valence-electron chi connectivity index (χ3n) is 0.944. The van der Waals surface area contributed by atoms with Crippen LogP contribution in [0.2, 0.25) is 0 Å². The Balaban J connectivity index is 3.34. The molecule has 1 aromatic heterocycles. The van der Waals surface area contributed by atoms with Gasteiger partial charge in [-0.2, -0.15) is 0 Å². The van der Waals surface area contributed by atoms with Gasteiger partial charge < -0.3 is 0 Å². The Morgan fingerprint density at radius 2 is 1.80 bits per heavy atom. The van der Waals surface area contributed by atoms with Gasteiger partial charge in [0.1, 0.15) is 4.60 Å². The van der Waals surface area contributed by atoms with E-state index in [0.717, 1.165) is 18.9 Å². The molecule has 1 rings (SSSR count). The van der Waals surface area contributed by atoms with Crippen LogP contribution in [0.5, 0.6) is 0 Å². The minimum absolute atomic E-state index is 0.811. The molecule has 0 amide bonds. The molecule has 54 valence electrons.